The van der Waals surface area contributed by atoms with Crippen LogP contribution in [0.1, 0.15) is 36.5 Å². The highest BCUT2D eigenvalue weighted by molar-refractivity contribution is 5.95. The SMILES string of the molecule is CCCNc1nccc(C(=O)NCCOCC2CC2)c1F. The maximum atomic E-state index is 14.1. The largest absolute Gasteiger partial charge is 0.379 e. The molecule has 1 aromatic rings. The summed E-state index contributed by atoms with van der Waals surface area (Å²) in [6, 6.07) is 1.38. The van der Waals surface area contributed by atoms with Crippen molar-refractivity contribution in [2.45, 2.75) is 26.2 Å². The van der Waals surface area contributed by atoms with Gasteiger partial charge in [-0.1, -0.05) is 6.92 Å². The number of aromatic nitrogens is 1. The molecule has 1 saturated carbocycles. The lowest BCUT2D eigenvalue weighted by Gasteiger charge is -2.09. The Morgan fingerprint density at radius 3 is 3.00 bits per heavy atom. The Morgan fingerprint density at radius 2 is 2.29 bits per heavy atom. The van der Waals surface area contributed by atoms with Crippen LogP contribution in [0, 0.1) is 11.7 Å². The molecule has 2 N–H and O–H groups in total. The van der Waals surface area contributed by atoms with Crippen molar-refractivity contribution in [3.05, 3.63) is 23.6 Å². The third kappa shape index (κ3) is 4.97. The van der Waals surface area contributed by atoms with Gasteiger partial charge < -0.3 is 15.4 Å². The number of amides is 1. The van der Waals surface area contributed by atoms with Crippen molar-refractivity contribution in [3.63, 3.8) is 0 Å². The van der Waals surface area contributed by atoms with Gasteiger partial charge in [0.15, 0.2) is 11.6 Å². The van der Waals surface area contributed by atoms with Gasteiger partial charge in [0.2, 0.25) is 0 Å². The van der Waals surface area contributed by atoms with Crippen LogP contribution >= 0.6 is 0 Å². The lowest BCUT2D eigenvalue weighted by Crippen LogP contribution is -2.28. The molecule has 1 amide bonds. The minimum absolute atomic E-state index is 0.00537. The summed E-state index contributed by atoms with van der Waals surface area (Å²) >= 11 is 0. The van der Waals surface area contributed by atoms with E-state index in [-0.39, 0.29) is 11.4 Å². The molecule has 5 nitrogen and oxygen atoms in total. The number of nitrogens with one attached hydrogen (secondary N) is 2. The number of carbonyl (C=O) groups excluding carboxylic acids is 1. The molecule has 0 saturated heterocycles. The predicted octanol–water partition coefficient (Wildman–Crippen LogP) is 2.20. The van der Waals surface area contributed by atoms with Crippen molar-refractivity contribution in [2.24, 2.45) is 5.92 Å². The molecule has 0 aliphatic heterocycles. The van der Waals surface area contributed by atoms with Crippen molar-refractivity contribution in [1.29, 1.82) is 0 Å². The molecule has 21 heavy (non-hydrogen) atoms. The van der Waals surface area contributed by atoms with Crippen LogP contribution in [-0.2, 0) is 4.74 Å². The predicted molar refractivity (Wildman–Crippen MR) is 78.9 cm³/mol. The van der Waals surface area contributed by atoms with Crippen LogP contribution in [0.25, 0.3) is 0 Å². The van der Waals surface area contributed by atoms with Crippen LogP contribution in [0.4, 0.5) is 10.2 Å². The molecule has 1 heterocycles. The summed E-state index contributed by atoms with van der Waals surface area (Å²) in [6.45, 7) is 4.18. The van der Waals surface area contributed by atoms with Crippen LogP contribution in [0.5, 0.6) is 0 Å². The molecule has 1 aliphatic carbocycles. The van der Waals surface area contributed by atoms with Crippen LogP contribution < -0.4 is 10.6 Å². The summed E-state index contributed by atoms with van der Waals surface area (Å²) < 4.78 is 19.5. The van der Waals surface area contributed by atoms with E-state index in [2.05, 4.69) is 15.6 Å². The van der Waals surface area contributed by atoms with Gasteiger partial charge >= 0.3 is 0 Å². The molecule has 2 rings (SSSR count). The molecule has 6 heteroatoms. The standard InChI is InChI=1S/C15H22FN3O2/c1-2-6-17-14-13(16)12(5-7-18-14)15(20)19-8-9-21-10-11-3-4-11/h5,7,11H,2-4,6,8-10H2,1H3,(H,17,18)(H,19,20). The maximum Gasteiger partial charge on any atom is 0.254 e. The first-order chi connectivity index (χ1) is 10.2. The highest BCUT2D eigenvalue weighted by atomic mass is 19.1. The zero-order chi connectivity index (χ0) is 15.1. The van der Waals surface area contributed by atoms with Gasteiger partial charge in [0.05, 0.1) is 12.2 Å². The summed E-state index contributed by atoms with van der Waals surface area (Å²) in [4.78, 5) is 15.8. The number of hydrogen-bond acceptors (Lipinski definition) is 4. The van der Waals surface area contributed by atoms with Gasteiger partial charge in [0.1, 0.15) is 0 Å². The van der Waals surface area contributed by atoms with Crippen LogP contribution in [0.15, 0.2) is 12.3 Å². The van der Waals surface area contributed by atoms with Gasteiger partial charge in [-0.2, -0.15) is 0 Å². The third-order valence-electron chi connectivity index (χ3n) is 3.26. The summed E-state index contributed by atoms with van der Waals surface area (Å²) in [7, 11) is 0. The van der Waals surface area contributed by atoms with E-state index >= 15 is 0 Å². The zero-order valence-corrected chi connectivity index (χ0v) is 12.3. The first-order valence-electron chi connectivity index (χ1n) is 7.46. The summed E-state index contributed by atoms with van der Waals surface area (Å²) in [5.74, 6) is -0.230. The van der Waals surface area contributed by atoms with Crippen LogP contribution in [-0.4, -0.2) is 37.2 Å². The quantitative estimate of drug-likeness (QED) is 0.686. The van der Waals surface area contributed by atoms with Crippen molar-refractivity contribution in [2.75, 3.05) is 31.6 Å². The molecule has 0 radical (unpaired) electrons. The molecule has 0 spiro atoms. The number of carbonyl (C=O) groups is 1. The van der Waals surface area contributed by atoms with Gasteiger partial charge in [0.25, 0.3) is 5.91 Å². The maximum absolute atomic E-state index is 14.1. The molecule has 0 aromatic carbocycles. The number of pyridine rings is 1. The van der Waals surface area contributed by atoms with Gasteiger partial charge in [-0.15, -0.1) is 0 Å². The smallest absolute Gasteiger partial charge is 0.254 e. The van der Waals surface area contributed by atoms with Crippen molar-refractivity contribution in [3.8, 4) is 0 Å². The number of nitrogens with zero attached hydrogens (tertiary/aromatic N) is 1. The highest BCUT2D eigenvalue weighted by Gasteiger charge is 2.21. The fourth-order valence-corrected chi connectivity index (χ4v) is 1.85. The van der Waals surface area contributed by atoms with Gasteiger partial charge in [-0.3, -0.25) is 4.79 Å². The van der Waals surface area contributed by atoms with E-state index in [0.29, 0.717) is 25.6 Å². The second-order valence-electron chi connectivity index (χ2n) is 5.22. The fraction of sp³-hybridized carbons (Fsp3) is 0.600. The number of ether oxygens (including phenoxy) is 1. The van der Waals surface area contributed by atoms with E-state index in [1.54, 1.807) is 0 Å². The third-order valence-corrected chi connectivity index (χ3v) is 3.26. The molecule has 0 atom stereocenters. The Balaban J connectivity index is 1.79. The van der Waals surface area contributed by atoms with E-state index in [0.717, 1.165) is 13.0 Å². The molecular weight excluding hydrogens is 273 g/mol. The number of rotatable bonds is 9. The summed E-state index contributed by atoms with van der Waals surface area (Å²) in [6.07, 6.45) is 4.76. The van der Waals surface area contributed by atoms with Crippen molar-refractivity contribution >= 4 is 11.7 Å². The van der Waals surface area contributed by atoms with E-state index in [9.17, 15) is 9.18 Å². The van der Waals surface area contributed by atoms with Crippen molar-refractivity contribution < 1.29 is 13.9 Å². The minimum Gasteiger partial charge on any atom is -0.379 e. The Morgan fingerprint density at radius 1 is 1.48 bits per heavy atom. The van der Waals surface area contributed by atoms with E-state index in [1.807, 2.05) is 6.92 Å². The molecule has 0 bridgehead atoms. The van der Waals surface area contributed by atoms with Crippen LogP contribution in [0.2, 0.25) is 0 Å². The topological polar surface area (TPSA) is 63.2 Å². The highest BCUT2D eigenvalue weighted by Crippen LogP contribution is 2.28. The lowest BCUT2D eigenvalue weighted by molar-refractivity contribution is 0.0902. The normalized spacial score (nSPS) is 14.0. The first-order valence-corrected chi connectivity index (χ1v) is 7.46. The molecular formula is C15H22FN3O2. The monoisotopic (exact) mass is 295 g/mol. The molecule has 1 aliphatic rings. The zero-order valence-electron chi connectivity index (χ0n) is 12.3. The fourth-order valence-electron chi connectivity index (χ4n) is 1.85. The molecule has 1 aromatic heterocycles. The van der Waals surface area contributed by atoms with E-state index in [1.165, 1.54) is 25.1 Å². The van der Waals surface area contributed by atoms with Gasteiger partial charge in [0, 0.05) is 25.9 Å². The molecule has 1 fully saturated rings. The first kappa shape index (κ1) is 15.7. The Labute approximate surface area is 124 Å². The minimum atomic E-state index is -0.609. The summed E-state index contributed by atoms with van der Waals surface area (Å²) in [5.41, 5.74) is 0.00537. The second kappa shape index (κ2) is 7.93. The van der Waals surface area contributed by atoms with Crippen LogP contribution in [0.3, 0.4) is 0 Å². The molecule has 116 valence electrons. The Hall–Kier alpha value is -1.69. The Kier molecular flexibility index (Phi) is 5.92. The van der Waals surface area contributed by atoms with Gasteiger partial charge in [-0.25, -0.2) is 9.37 Å². The van der Waals surface area contributed by atoms with E-state index < -0.39 is 11.7 Å². The van der Waals surface area contributed by atoms with Crippen molar-refractivity contribution in [1.82, 2.24) is 10.3 Å². The number of anilines is 1. The van der Waals surface area contributed by atoms with E-state index in [4.69, 9.17) is 4.74 Å². The number of halogens is 1. The average molecular weight is 295 g/mol. The number of hydrogen-bond donors (Lipinski definition) is 2. The second-order valence-corrected chi connectivity index (χ2v) is 5.22. The van der Waals surface area contributed by atoms with Gasteiger partial charge in [-0.05, 0) is 31.2 Å². The Bertz CT molecular complexity index is 478. The molecule has 0 unspecified atom stereocenters. The lowest BCUT2D eigenvalue weighted by atomic mass is 10.2. The summed E-state index contributed by atoms with van der Waals surface area (Å²) in [5, 5.41) is 5.52. The average Bonchev–Trinajstić information content (AvgIpc) is 3.30.